The van der Waals surface area contributed by atoms with Crippen molar-refractivity contribution in [1.29, 1.82) is 0 Å². The summed E-state index contributed by atoms with van der Waals surface area (Å²) in [5.74, 6) is 0.817. The van der Waals surface area contributed by atoms with Gasteiger partial charge in [0.2, 0.25) is 5.76 Å². The number of aryl methyl sites for hydroxylation is 2. The van der Waals surface area contributed by atoms with E-state index in [9.17, 15) is 9.59 Å². The molecule has 0 spiro atoms. The Morgan fingerprint density at radius 1 is 1.07 bits per heavy atom. The first-order valence-electron chi connectivity index (χ1n) is 9.14. The van der Waals surface area contributed by atoms with Crippen LogP contribution in [0.5, 0.6) is 11.5 Å². The van der Waals surface area contributed by atoms with E-state index in [1.807, 2.05) is 32.9 Å². The van der Waals surface area contributed by atoms with Crippen molar-refractivity contribution >= 4 is 16.9 Å². The minimum Gasteiger partial charge on any atom is -0.493 e. The van der Waals surface area contributed by atoms with E-state index >= 15 is 0 Å². The number of amides is 1. The first kappa shape index (κ1) is 18.1. The highest BCUT2D eigenvalue weighted by molar-refractivity contribution is 5.99. The molecule has 1 amide bonds. The predicted octanol–water partition coefficient (Wildman–Crippen LogP) is 3.65. The standard InChI is InChI=1S/C22H21NO5/c1-5-27-15-7-6-13(10-17(15)26-4)19-18-20(24)14-8-11(2)12(3)9-16(14)28-21(18)22(25)23-19/h6-10,19H,5H2,1-4H3,(H,23,25). The van der Waals surface area contributed by atoms with Gasteiger partial charge in [-0.05, 0) is 61.7 Å². The maximum Gasteiger partial charge on any atom is 0.288 e. The molecule has 0 bridgehead atoms. The van der Waals surface area contributed by atoms with Gasteiger partial charge < -0.3 is 19.2 Å². The Morgan fingerprint density at radius 3 is 2.54 bits per heavy atom. The van der Waals surface area contributed by atoms with Crippen LogP contribution in [0.15, 0.2) is 39.5 Å². The summed E-state index contributed by atoms with van der Waals surface area (Å²) < 4.78 is 16.8. The van der Waals surface area contributed by atoms with Crippen molar-refractivity contribution in [3.8, 4) is 11.5 Å². The van der Waals surface area contributed by atoms with Crippen LogP contribution in [0.25, 0.3) is 11.0 Å². The molecule has 6 heteroatoms. The van der Waals surface area contributed by atoms with Gasteiger partial charge in [-0.3, -0.25) is 9.59 Å². The number of rotatable bonds is 4. The molecule has 0 fully saturated rings. The largest absolute Gasteiger partial charge is 0.493 e. The number of benzene rings is 2. The summed E-state index contributed by atoms with van der Waals surface area (Å²) in [6, 6.07) is 8.38. The Kier molecular flexibility index (Phi) is 4.34. The third-order valence-corrected chi connectivity index (χ3v) is 5.13. The number of carbonyl (C=O) groups excluding carboxylic acids is 1. The highest BCUT2D eigenvalue weighted by atomic mass is 16.5. The van der Waals surface area contributed by atoms with Crippen LogP contribution in [0.4, 0.5) is 0 Å². The van der Waals surface area contributed by atoms with Gasteiger partial charge in [-0.1, -0.05) is 6.07 Å². The van der Waals surface area contributed by atoms with Crippen LogP contribution in [-0.2, 0) is 0 Å². The van der Waals surface area contributed by atoms with Gasteiger partial charge in [0, 0.05) is 0 Å². The number of ether oxygens (including phenoxy) is 2. The number of fused-ring (bicyclic) bond motifs is 2. The molecule has 0 saturated carbocycles. The SMILES string of the molecule is CCOc1ccc(C2NC(=O)c3oc4cc(C)c(C)cc4c(=O)c32)cc1OC. The fourth-order valence-electron chi connectivity index (χ4n) is 3.55. The average Bonchev–Trinajstić information content (AvgIpc) is 3.01. The number of carbonyl (C=O) groups is 1. The molecule has 2 aromatic carbocycles. The third kappa shape index (κ3) is 2.72. The van der Waals surface area contributed by atoms with Gasteiger partial charge in [0.05, 0.1) is 30.7 Å². The maximum absolute atomic E-state index is 13.2. The Morgan fingerprint density at radius 2 is 1.82 bits per heavy atom. The Balaban J connectivity index is 1.90. The molecule has 3 aromatic rings. The van der Waals surface area contributed by atoms with Crippen LogP contribution in [0, 0.1) is 13.8 Å². The molecule has 1 N–H and O–H groups in total. The van der Waals surface area contributed by atoms with Gasteiger partial charge in [-0.25, -0.2) is 0 Å². The fourth-order valence-corrected chi connectivity index (χ4v) is 3.55. The molecule has 0 saturated heterocycles. The van der Waals surface area contributed by atoms with Crippen molar-refractivity contribution in [3.05, 3.63) is 68.6 Å². The van der Waals surface area contributed by atoms with Crippen LogP contribution < -0.4 is 20.2 Å². The van der Waals surface area contributed by atoms with Gasteiger partial charge in [0.1, 0.15) is 5.58 Å². The van der Waals surface area contributed by atoms with E-state index in [4.69, 9.17) is 13.9 Å². The second-order valence-electron chi connectivity index (χ2n) is 6.86. The monoisotopic (exact) mass is 379 g/mol. The van der Waals surface area contributed by atoms with Gasteiger partial charge in [-0.15, -0.1) is 0 Å². The molecule has 0 radical (unpaired) electrons. The minimum atomic E-state index is -0.602. The van der Waals surface area contributed by atoms with Crippen LogP contribution in [0.2, 0.25) is 0 Å². The van der Waals surface area contributed by atoms with Crippen molar-refractivity contribution in [2.45, 2.75) is 26.8 Å². The Labute approximate surface area is 162 Å². The zero-order valence-electron chi connectivity index (χ0n) is 16.2. The van der Waals surface area contributed by atoms with Crippen LogP contribution >= 0.6 is 0 Å². The number of hydrogen-bond acceptors (Lipinski definition) is 5. The van der Waals surface area contributed by atoms with E-state index < -0.39 is 11.9 Å². The molecule has 2 heterocycles. The smallest absolute Gasteiger partial charge is 0.288 e. The molecular weight excluding hydrogens is 358 g/mol. The lowest BCUT2D eigenvalue weighted by molar-refractivity contribution is 0.0938. The molecule has 1 unspecified atom stereocenters. The van der Waals surface area contributed by atoms with Crippen molar-refractivity contribution in [2.24, 2.45) is 0 Å². The summed E-state index contributed by atoms with van der Waals surface area (Å²) >= 11 is 0. The molecular formula is C22H21NO5. The summed E-state index contributed by atoms with van der Waals surface area (Å²) in [7, 11) is 1.55. The van der Waals surface area contributed by atoms with E-state index in [0.29, 0.717) is 34.6 Å². The number of nitrogens with one attached hydrogen (secondary N) is 1. The molecule has 1 aromatic heterocycles. The second kappa shape index (κ2) is 6.71. The summed E-state index contributed by atoms with van der Waals surface area (Å²) in [5.41, 5.74) is 3.27. The zero-order chi connectivity index (χ0) is 20.0. The summed E-state index contributed by atoms with van der Waals surface area (Å²) in [6.07, 6.45) is 0. The summed E-state index contributed by atoms with van der Waals surface area (Å²) in [4.78, 5) is 25.8. The molecule has 0 aliphatic carbocycles. The lowest BCUT2D eigenvalue weighted by Crippen LogP contribution is -2.22. The zero-order valence-corrected chi connectivity index (χ0v) is 16.2. The molecule has 144 valence electrons. The quantitative estimate of drug-likeness (QED) is 0.749. The second-order valence-corrected chi connectivity index (χ2v) is 6.86. The van der Waals surface area contributed by atoms with Crippen LogP contribution in [-0.4, -0.2) is 19.6 Å². The molecule has 28 heavy (non-hydrogen) atoms. The molecule has 1 aliphatic heterocycles. The van der Waals surface area contributed by atoms with Crippen molar-refractivity contribution in [2.75, 3.05) is 13.7 Å². The Hall–Kier alpha value is -3.28. The van der Waals surface area contributed by atoms with E-state index in [0.717, 1.165) is 16.7 Å². The van der Waals surface area contributed by atoms with Crippen molar-refractivity contribution in [3.63, 3.8) is 0 Å². The average molecular weight is 379 g/mol. The van der Waals surface area contributed by atoms with Crippen LogP contribution in [0.3, 0.4) is 0 Å². The van der Waals surface area contributed by atoms with Crippen molar-refractivity contribution in [1.82, 2.24) is 5.32 Å². The highest BCUT2D eigenvalue weighted by Gasteiger charge is 2.36. The van der Waals surface area contributed by atoms with Crippen LogP contribution in [0.1, 0.15) is 45.8 Å². The number of methoxy groups -OCH3 is 1. The Bertz CT molecular complexity index is 1160. The predicted molar refractivity (Wildman–Crippen MR) is 105 cm³/mol. The summed E-state index contributed by atoms with van der Waals surface area (Å²) in [6.45, 7) is 6.28. The lowest BCUT2D eigenvalue weighted by Gasteiger charge is -2.15. The van der Waals surface area contributed by atoms with E-state index in [1.165, 1.54) is 0 Å². The number of hydrogen-bond donors (Lipinski definition) is 1. The minimum absolute atomic E-state index is 0.0682. The third-order valence-electron chi connectivity index (χ3n) is 5.13. The van der Waals surface area contributed by atoms with Crippen molar-refractivity contribution < 1.29 is 18.7 Å². The highest BCUT2D eigenvalue weighted by Crippen LogP contribution is 2.36. The molecule has 1 atom stereocenters. The first-order valence-corrected chi connectivity index (χ1v) is 9.14. The molecule has 4 rings (SSSR count). The van der Waals surface area contributed by atoms with Gasteiger partial charge in [0.15, 0.2) is 16.9 Å². The molecule has 1 aliphatic rings. The van der Waals surface area contributed by atoms with E-state index in [-0.39, 0.29) is 11.2 Å². The summed E-state index contributed by atoms with van der Waals surface area (Å²) in [5, 5.41) is 3.33. The van der Waals surface area contributed by atoms with E-state index in [1.54, 1.807) is 25.3 Å². The fraction of sp³-hybridized carbons (Fsp3) is 0.273. The van der Waals surface area contributed by atoms with Gasteiger partial charge in [-0.2, -0.15) is 0 Å². The van der Waals surface area contributed by atoms with Gasteiger partial charge in [0.25, 0.3) is 5.91 Å². The normalized spacial score (nSPS) is 15.4. The van der Waals surface area contributed by atoms with Gasteiger partial charge >= 0.3 is 0 Å². The maximum atomic E-state index is 13.2. The lowest BCUT2D eigenvalue weighted by atomic mass is 9.98. The topological polar surface area (TPSA) is 77.8 Å². The molecule has 6 nitrogen and oxygen atoms in total. The first-order chi connectivity index (χ1) is 13.4. The van der Waals surface area contributed by atoms with E-state index in [2.05, 4.69) is 5.32 Å².